The largest absolute Gasteiger partial charge is 0.103 e. The van der Waals surface area contributed by atoms with Crippen molar-refractivity contribution >= 4 is 6.08 Å². The minimum absolute atomic E-state index is 0.576. The average Bonchev–Trinajstić information content (AvgIpc) is 2.65. The number of allylic oxidation sites excluding steroid dienone is 3. The van der Waals surface area contributed by atoms with Crippen LogP contribution < -0.4 is 0 Å². The van der Waals surface area contributed by atoms with Crippen molar-refractivity contribution in [2.75, 3.05) is 0 Å². The first kappa shape index (κ1) is 10.9. The van der Waals surface area contributed by atoms with Gasteiger partial charge in [-0.25, -0.2) is 0 Å². The normalized spacial score (nSPS) is 17.8. The Morgan fingerprint density at radius 1 is 1.12 bits per heavy atom. The van der Waals surface area contributed by atoms with E-state index in [9.17, 15) is 0 Å². The van der Waals surface area contributed by atoms with Crippen LogP contribution in [0.4, 0.5) is 0 Å². The van der Waals surface area contributed by atoms with Crippen molar-refractivity contribution in [1.82, 2.24) is 0 Å². The van der Waals surface area contributed by atoms with Crippen LogP contribution in [0.1, 0.15) is 36.3 Å². The zero-order chi connectivity index (χ0) is 11.4. The van der Waals surface area contributed by atoms with Crippen LogP contribution in [0.25, 0.3) is 6.08 Å². The molecule has 0 bridgehead atoms. The third-order valence-corrected chi connectivity index (χ3v) is 3.20. The Balaban J connectivity index is 2.27. The fraction of sp³-hybridized carbons (Fsp3) is 0.250. The van der Waals surface area contributed by atoms with Gasteiger partial charge in [0.15, 0.2) is 0 Å². The minimum Gasteiger partial charge on any atom is -0.103 e. The molecular weight excluding hydrogens is 192 g/mol. The molecule has 1 aromatic rings. The van der Waals surface area contributed by atoms with Gasteiger partial charge in [-0.3, -0.25) is 0 Å². The Bertz CT molecular complexity index is 423. The second-order valence-corrected chi connectivity index (χ2v) is 4.26. The van der Waals surface area contributed by atoms with E-state index in [1.807, 2.05) is 12.2 Å². The van der Waals surface area contributed by atoms with E-state index in [1.165, 1.54) is 23.1 Å². The first-order valence-corrected chi connectivity index (χ1v) is 5.88. The molecule has 0 nitrogen and oxygen atoms in total. The van der Waals surface area contributed by atoms with Gasteiger partial charge in [-0.2, -0.15) is 0 Å². The maximum atomic E-state index is 3.84. The number of fused-ring (bicyclic) bond motifs is 1. The molecule has 1 aromatic carbocycles. The molecule has 82 valence electrons. The maximum Gasteiger partial charge on any atom is 0.00634 e. The lowest BCUT2D eigenvalue weighted by Crippen LogP contribution is -1.98. The highest BCUT2D eigenvalue weighted by molar-refractivity contribution is 5.66. The van der Waals surface area contributed by atoms with Crippen LogP contribution in [0, 0.1) is 0 Å². The summed E-state index contributed by atoms with van der Waals surface area (Å²) in [5.74, 6) is 0.576. The van der Waals surface area contributed by atoms with Gasteiger partial charge in [0.1, 0.15) is 0 Å². The second-order valence-electron chi connectivity index (χ2n) is 4.26. The fourth-order valence-corrected chi connectivity index (χ4v) is 2.45. The van der Waals surface area contributed by atoms with Crippen molar-refractivity contribution in [3.8, 4) is 0 Å². The van der Waals surface area contributed by atoms with Crippen molar-refractivity contribution in [2.45, 2.75) is 25.2 Å². The molecule has 0 amide bonds. The summed E-state index contributed by atoms with van der Waals surface area (Å²) in [5.41, 5.74) is 4.35. The van der Waals surface area contributed by atoms with Crippen molar-refractivity contribution < 1.29 is 0 Å². The lowest BCUT2D eigenvalue weighted by atomic mass is 9.90. The molecule has 0 fully saturated rings. The predicted octanol–water partition coefficient (Wildman–Crippen LogP) is 4.71. The topological polar surface area (TPSA) is 0 Å². The second kappa shape index (κ2) is 4.98. The summed E-state index contributed by atoms with van der Waals surface area (Å²) in [7, 11) is 0. The molecule has 0 unspecified atom stereocenters. The van der Waals surface area contributed by atoms with E-state index in [4.69, 9.17) is 0 Å². The molecule has 0 N–H and O–H groups in total. The van der Waals surface area contributed by atoms with Crippen LogP contribution in [0.3, 0.4) is 0 Å². The Labute approximate surface area is 98.0 Å². The maximum absolute atomic E-state index is 3.84. The van der Waals surface area contributed by atoms with Crippen molar-refractivity contribution in [2.24, 2.45) is 0 Å². The van der Waals surface area contributed by atoms with E-state index in [-0.39, 0.29) is 0 Å². The van der Waals surface area contributed by atoms with Crippen LogP contribution in [0.2, 0.25) is 0 Å². The first-order valence-electron chi connectivity index (χ1n) is 5.88. The minimum atomic E-state index is 0.576. The molecule has 0 heteroatoms. The van der Waals surface area contributed by atoms with Gasteiger partial charge in [0.2, 0.25) is 0 Å². The molecule has 0 aliphatic heterocycles. The van der Waals surface area contributed by atoms with E-state index >= 15 is 0 Å². The summed E-state index contributed by atoms with van der Waals surface area (Å²) in [4.78, 5) is 0. The molecule has 1 atom stereocenters. The molecular formula is C16H18. The van der Waals surface area contributed by atoms with Crippen LogP contribution in [0.5, 0.6) is 0 Å². The highest BCUT2D eigenvalue weighted by Gasteiger charge is 2.22. The summed E-state index contributed by atoms with van der Waals surface area (Å²) < 4.78 is 0. The first-order chi connectivity index (χ1) is 7.86. The fourth-order valence-electron chi connectivity index (χ4n) is 2.45. The third kappa shape index (κ3) is 2.01. The highest BCUT2D eigenvalue weighted by atomic mass is 14.3. The molecule has 1 aliphatic carbocycles. The molecule has 1 aliphatic rings. The van der Waals surface area contributed by atoms with Gasteiger partial charge in [0.05, 0.1) is 0 Å². The van der Waals surface area contributed by atoms with Gasteiger partial charge >= 0.3 is 0 Å². The van der Waals surface area contributed by atoms with E-state index in [0.29, 0.717) is 5.92 Å². The van der Waals surface area contributed by atoms with E-state index in [1.54, 1.807) is 0 Å². The SMILES string of the molecule is C=CCC[C@H]1C(CC=C)=Cc2ccccc21. The highest BCUT2D eigenvalue weighted by Crippen LogP contribution is 2.40. The quantitative estimate of drug-likeness (QED) is 0.617. The molecule has 0 saturated heterocycles. The monoisotopic (exact) mass is 210 g/mol. The Morgan fingerprint density at radius 3 is 2.69 bits per heavy atom. The van der Waals surface area contributed by atoms with Gasteiger partial charge < -0.3 is 0 Å². The molecule has 0 saturated carbocycles. The van der Waals surface area contributed by atoms with Gasteiger partial charge in [0, 0.05) is 5.92 Å². The van der Waals surface area contributed by atoms with E-state index in [0.717, 1.165) is 12.8 Å². The molecule has 0 aromatic heterocycles. The van der Waals surface area contributed by atoms with Crippen LogP contribution >= 0.6 is 0 Å². The molecule has 0 spiro atoms. The van der Waals surface area contributed by atoms with Gasteiger partial charge in [-0.05, 0) is 30.4 Å². The van der Waals surface area contributed by atoms with Crippen LogP contribution in [-0.4, -0.2) is 0 Å². The van der Waals surface area contributed by atoms with Gasteiger partial charge in [0.25, 0.3) is 0 Å². The number of hydrogen-bond donors (Lipinski definition) is 0. The third-order valence-electron chi connectivity index (χ3n) is 3.20. The summed E-state index contributed by atoms with van der Waals surface area (Å²) in [6, 6.07) is 8.68. The predicted molar refractivity (Wildman–Crippen MR) is 71.4 cm³/mol. The molecule has 0 radical (unpaired) electrons. The smallest absolute Gasteiger partial charge is 0.00634 e. The van der Waals surface area contributed by atoms with E-state index in [2.05, 4.69) is 43.5 Å². The molecule has 0 heterocycles. The summed E-state index contributed by atoms with van der Waals surface area (Å²) in [5, 5.41) is 0. The lowest BCUT2D eigenvalue weighted by molar-refractivity contribution is 0.716. The zero-order valence-corrected chi connectivity index (χ0v) is 9.65. The van der Waals surface area contributed by atoms with Crippen LogP contribution in [0.15, 0.2) is 55.1 Å². The summed E-state index contributed by atoms with van der Waals surface area (Å²) in [6.45, 7) is 7.65. The average molecular weight is 210 g/mol. The number of benzene rings is 1. The number of hydrogen-bond acceptors (Lipinski definition) is 0. The van der Waals surface area contributed by atoms with E-state index < -0.39 is 0 Å². The molecule has 16 heavy (non-hydrogen) atoms. The van der Waals surface area contributed by atoms with Crippen molar-refractivity contribution in [3.63, 3.8) is 0 Å². The summed E-state index contributed by atoms with van der Waals surface area (Å²) >= 11 is 0. The Morgan fingerprint density at radius 2 is 1.94 bits per heavy atom. The van der Waals surface area contributed by atoms with Crippen molar-refractivity contribution in [1.29, 1.82) is 0 Å². The lowest BCUT2D eigenvalue weighted by Gasteiger charge is -2.14. The van der Waals surface area contributed by atoms with Crippen LogP contribution in [-0.2, 0) is 0 Å². The van der Waals surface area contributed by atoms with Gasteiger partial charge in [-0.1, -0.05) is 48.1 Å². The van der Waals surface area contributed by atoms with Crippen molar-refractivity contribution in [3.05, 3.63) is 66.3 Å². The number of rotatable bonds is 5. The zero-order valence-electron chi connectivity index (χ0n) is 9.65. The van der Waals surface area contributed by atoms with Gasteiger partial charge in [-0.15, -0.1) is 13.2 Å². The Hall–Kier alpha value is -1.56. The Kier molecular flexibility index (Phi) is 3.40. The summed E-state index contributed by atoms with van der Waals surface area (Å²) in [6.07, 6.45) is 9.57. The molecule has 2 rings (SSSR count). The standard InChI is InChI=1S/C16H18/c1-3-5-10-15-13(8-4-2)12-14-9-6-7-11-16(14)15/h3-4,6-7,9,11-12,15H,1-2,5,8,10H2/t15-/m0/s1.